The van der Waals surface area contributed by atoms with Crippen molar-refractivity contribution in [3.63, 3.8) is 0 Å². The first-order chi connectivity index (χ1) is 11.2. The summed E-state index contributed by atoms with van der Waals surface area (Å²) in [6.45, 7) is 2.25. The monoisotopic (exact) mass is 324 g/mol. The SMILES string of the molecule is CCCCCCCCCCCC=CC=CC(O)CCCC(=O)O. The van der Waals surface area contributed by atoms with E-state index in [4.69, 9.17) is 5.11 Å². The summed E-state index contributed by atoms with van der Waals surface area (Å²) < 4.78 is 0. The number of carbonyl (C=O) groups is 1. The van der Waals surface area contributed by atoms with Gasteiger partial charge in [0.15, 0.2) is 0 Å². The van der Waals surface area contributed by atoms with Crippen molar-refractivity contribution >= 4 is 5.97 Å². The molecule has 0 aromatic carbocycles. The van der Waals surface area contributed by atoms with E-state index < -0.39 is 12.1 Å². The summed E-state index contributed by atoms with van der Waals surface area (Å²) in [6.07, 6.45) is 21.6. The minimum atomic E-state index is -0.804. The first kappa shape index (κ1) is 21.9. The predicted molar refractivity (Wildman–Crippen MR) is 97.6 cm³/mol. The number of aliphatic hydroxyl groups is 1. The Bertz CT molecular complexity index is 321. The lowest BCUT2D eigenvalue weighted by Gasteiger charge is -2.02. The first-order valence-corrected chi connectivity index (χ1v) is 9.40. The number of unbranched alkanes of at least 4 members (excludes halogenated alkanes) is 9. The van der Waals surface area contributed by atoms with E-state index in [1.807, 2.05) is 12.2 Å². The Morgan fingerprint density at radius 2 is 1.52 bits per heavy atom. The van der Waals surface area contributed by atoms with E-state index in [1.54, 1.807) is 6.08 Å². The van der Waals surface area contributed by atoms with Crippen LogP contribution in [0, 0.1) is 0 Å². The molecule has 3 nitrogen and oxygen atoms in total. The molecule has 0 spiro atoms. The molecule has 0 fully saturated rings. The molecule has 23 heavy (non-hydrogen) atoms. The van der Waals surface area contributed by atoms with E-state index in [9.17, 15) is 9.90 Å². The minimum absolute atomic E-state index is 0.124. The van der Waals surface area contributed by atoms with Crippen molar-refractivity contribution in [2.75, 3.05) is 0 Å². The Morgan fingerprint density at radius 1 is 0.913 bits per heavy atom. The highest BCUT2D eigenvalue weighted by Crippen LogP contribution is 2.10. The molecule has 1 atom stereocenters. The van der Waals surface area contributed by atoms with Crippen LogP contribution in [0.3, 0.4) is 0 Å². The molecule has 0 aromatic rings. The number of aliphatic carboxylic acids is 1. The number of rotatable bonds is 16. The van der Waals surface area contributed by atoms with E-state index in [2.05, 4.69) is 13.0 Å². The smallest absolute Gasteiger partial charge is 0.303 e. The van der Waals surface area contributed by atoms with E-state index >= 15 is 0 Å². The molecular formula is C20H36O3. The van der Waals surface area contributed by atoms with Gasteiger partial charge in [0, 0.05) is 6.42 Å². The molecule has 3 heteroatoms. The number of carboxylic acid groups (broad SMARTS) is 1. The maximum absolute atomic E-state index is 10.4. The number of carboxylic acids is 1. The topological polar surface area (TPSA) is 57.5 Å². The van der Waals surface area contributed by atoms with Crippen LogP contribution in [0.15, 0.2) is 24.3 Å². The summed E-state index contributed by atoms with van der Waals surface area (Å²) in [5, 5.41) is 18.1. The number of aliphatic hydroxyl groups excluding tert-OH is 1. The van der Waals surface area contributed by atoms with E-state index in [0.29, 0.717) is 12.8 Å². The van der Waals surface area contributed by atoms with Crippen LogP contribution in [-0.2, 0) is 4.79 Å². The van der Waals surface area contributed by atoms with Crippen LogP contribution in [0.1, 0.15) is 90.4 Å². The van der Waals surface area contributed by atoms with Gasteiger partial charge in [0.1, 0.15) is 0 Å². The van der Waals surface area contributed by atoms with Crippen LogP contribution < -0.4 is 0 Å². The average molecular weight is 325 g/mol. The zero-order valence-corrected chi connectivity index (χ0v) is 14.9. The maximum atomic E-state index is 10.4. The lowest BCUT2D eigenvalue weighted by atomic mass is 10.1. The first-order valence-electron chi connectivity index (χ1n) is 9.40. The van der Waals surface area contributed by atoms with Crippen molar-refractivity contribution in [2.24, 2.45) is 0 Å². The zero-order chi connectivity index (χ0) is 17.2. The van der Waals surface area contributed by atoms with Gasteiger partial charge in [-0.1, -0.05) is 82.6 Å². The fraction of sp³-hybridized carbons (Fsp3) is 0.750. The van der Waals surface area contributed by atoms with Crippen molar-refractivity contribution in [3.8, 4) is 0 Å². The van der Waals surface area contributed by atoms with Gasteiger partial charge in [-0.25, -0.2) is 0 Å². The van der Waals surface area contributed by atoms with Crippen molar-refractivity contribution in [1.29, 1.82) is 0 Å². The highest BCUT2D eigenvalue weighted by atomic mass is 16.4. The van der Waals surface area contributed by atoms with Gasteiger partial charge < -0.3 is 10.2 Å². The summed E-state index contributed by atoms with van der Waals surface area (Å²) in [5.74, 6) is -0.804. The molecule has 0 saturated heterocycles. The summed E-state index contributed by atoms with van der Waals surface area (Å²) in [6, 6.07) is 0. The maximum Gasteiger partial charge on any atom is 0.303 e. The lowest BCUT2D eigenvalue weighted by Crippen LogP contribution is -2.03. The summed E-state index contributed by atoms with van der Waals surface area (Å²) in [5.41, 5.74) is 0. The van der Waals surface area contributed by atoms with Crippen molar-refractivity contribution in [2.45, 2.75) is 96.5 Å². The van der Waals surface area contributed by atoms with Crippen LogP contribution in [0.2, 0.25) is 0 Å². The molecule has 0 radical (unpaired) electrons. The van der Waals surface area contributed by atoms with E-state index in [1.165, 1.54) is 57.8 Å². The van der Waals surface area contributed by atoms with Crippen molar-refractivity contribution < 1.29 is 15.0 Å². The van der Waals surface area contributed by atoms with E-state index in [0.717, 1.165) is 6.42 Å². The number of allylic oxidation sites excluding steroid dienone is 3. The van der Waals surface area contributed by atoms with Gasteiger partial charge in [0.05, 0.1) is 6.10 Å². The second-order valence-corrected chi connectivity index (χ2v) is 6.28. The van der Waals surface area contributed by atoms with Gasteiger partial charge in [0.25, 0.3) is 0 Å². The van der Waals surface area contributed by atoms with E-state index in [-0.39, 0.29) is 6.42 Å². The molecule has 0 rings (SSSR count). The molecule has 0 amide bonds. The number of hydrogen-bond acceptors (Lipinski definition) is 2. The standard InChI is InChI=1S/C20H36O3/c1-2-3-4-5-6-7-8-9-10-11-12-13-14-16-19(21)17-15-18-20(22)23/h12-14,16,19,21H,2-11,15,17-18H2,1H3,(H,22,23). The fourth-order valence-electron chi connectivity index (χ4n) is 2.50. The fourth-order valence-corrected chi connectivity index (χ4v) is 2.50. The third kappa shape index (κ3) is 18.9. The molecule has 0 heterocycles. The molecule has 0 aliphatic heterocycles. The molecule has 0 bridgehead atoms. The molecule has 134 valence electrons. The normalized spacial score (nSPS) is 13.1. The zero-order valence-electron chi connectivity index (χ0n) is 14.9. The van der Waals surface area contributed by atoms with Gasteiger partial charge in [0.2, 0.25) is 0 Å². The Morgan fingerprint density at radius 3 is 2.13 bits per heavy atom. The summed E-state index contributed by atoms with van der Waals surface area (Å²) >= 11 is 0. The van der Waals surface area contributed by atoms with Crippen LogP contribution in [0.5, 0.6) is 0 Å². The number of hydrogen-bond donors (Lipinski definition) is 2. The predicted octanol–water partition coefficient (Wildman–Crippen LogP) is 5.64. The van der Waals surface area contributed by atoms with Crippen LogP contribution in [-0.4, -0.2) is 22.3 Å². The quantitative estimate of drug-likeness (QED) is 0.285. The molecule has 1 unspecified atom stereocenters. The van der Waals surface area contributed by atoms with Crippen molar-refractivity contribution in [1.82, 2.24) is 0 Å². The van der Waals surface area contributed by atoms with Crippen molar-refractivity contribution in [3.05, 3.63) is 24.3 Å². The average Bonchev–Trinajstić information content (AvgIpc) is 2.51. The van der Waals surface area contributed by atoms with Gasteiger partial charge >= 0.3 is 5.97 Å². The highest BCUT2D eigenvalue weighted by Gasteiger charge is 2.01. The third-order valence-electron chi connectivity index (χ3n) is 3.95. The molecule has 0 aromatic heterocycles. The molecule has 0 aliphatic rings. The van der Waals surface area contributed by atoms with Crippen LogP contribution >= 0.6 is 0 Å². The Labute approximate surface area is 142 Å². The largest absolute Gasteiger partial charge is 0.481 e. The summed E-state index contributed by atoms with van der Waals surface area (Å²) in [7, 11) is 0. The van der Waals surface area contributed by atoms with Crippen LogP contribution in [0.4, 0.5) is 0 Å². The summed E-state index contributed by atoms with van der Waals surface area (Å²) in [4.78, 5) is 10.4. The van der Waals surface area contributed by atoms with Gasteiger partial charge in [-0.15, -0.1) is 0 Å². The Kier molecular flexibility index (Phi) is 16.4. The second-order valence-electron chi connectivity index (χ2n) is 6.28. The van der Waals surface area contributed by atoms with Crippen LogP contribution in [0.25, 0.3) is 0 Å². The molecule has 2 N–H and O–H groups in total. The van der Waals surface area contributed by atoms with Gasteiger partial charge in [-0.2, -0.15) is 0 Å². The van der Waals surface area contributed by atoms with Gasteiger partial charge in [-0.3, -0.25) is 4.79 Å². The second kappa shape index (κ2) is 17.3. The Hall–Kier alpha value is -1.09. The molecular weight excluding hydrogens is 288 g/mol. The molecule has 0 aliphatic carbocycles. The highest BCUT2D eigenvalue weighted by molar-refractivity contribution is 5.66. The molecule has 0 saturated carbocycles. The lowest BCUT2D eigenvalue weighted by molar-refractivity contribution is -0.137. The third-order valence-corrected chi connectivity index (χ3v) is 3.95. The Balaban J connectivity index is 3.36. The minimum Gasteiger partial charge on any atom is -0.481 e. The van der Waals surface area contributed by atoms with Gasteiger partial charge in [-0.05, 0) is 25.7 Å².